The van der Waals surface area contributed by atoms with Gasteiger partial charge in [-0.05, 0) is 63.7 Å². The molecule has 4 N–H and O–H groups in total. The standard InChI is InChI=1S/C36H35F2N7O5S/c1-21-4-11-30(25(12-21)18-49-33(46)17-40-3)44-35(47)50-22(2)13-28(34-43-31(19-51-34)24-7-5-23(16-39)6-8-24)36(48,15-32-41-20-42-45-32)27-14-26(37)9-10-29(27)38/h4-12,14,19-20,22,28,40,48H,13,15,17-18H2,1-3H3,(H,44,47)(H,41,42,45)/t22?,28-,36-/m0/s1. The van der Waals surface area contributed by atoms with E-state index in [1.807, 2.05) is 6.92 Å². The molecule has 51 heavy (non-hydrogen) atoms. The number of aromatic nitrogens is 4. The number of anilines is 1. The molecule has 0 radical (unpaired) electrons. The zero-order valence-electron chi connectivity index (χ0n) is 27.9. The summed E-state index contributed by atoms with van der Waals surface area (Å²) >= 11 is 1.18. The van der Waals surface area contributed by atoms with Gasteiger partial charge in [-0.3, -0.25) is 15.2 Å². The Balaban J connectivity index is 1.46. The molecule has 12 nitrogen and oxygen atoms in total. The predicted molar refractivity (Wildman–Crippen MR) is 184 cm³/mol. The van der Waals surface area contributed by atoms with E-state index in [1.165, 1.54) is 17.7 Å². The van der Waals surface area contributed by atoms with Gasteiger partial charge in [0.15, 0.2) is 0 Å². The van der Waals surface area contributed by atoms with Crippen LogP contribution in [0.3, 0.4) is 0 Å². The monoisotopic (exact) mass is 715 g/mol. The van der Waals surface area contributed by atoms with Gasteiger partial charge in [-0.15, -0.1) is 11.3 Å². The Kier molecular flexibility index (Phi) is 11.8. The van der Waals surface area contributed by atoms with Gasteiger partial charge in [-0.25, -0.2) is 23.5 Å². The summed E-state index contributed by atoms with van der Waals surface area (Å²) in [7, 11) is 1.62. The normalized spacial score (nSPS) is 13.4. The van der Waals surface area contributed by atoms with Crippen LogP contribution in [-0.2, 0) is 32.9 Å². The molecule has 0 aliphatic heterocycles. The minimum absolute atomic E-state index is 0.0195. The average molecular weight is 716 g/mol. The summed E-state index contributed by atoms with van der Waals surface area (Å²) < 4.78 is 41.3. The Morgan fingerprint density at radius 2 is 1.92 bits per heavy atom. The highest BCUT2D eigenvalue weighted by Gasteiger charge is 2.45. The van der Waals surface area contributed by atoms with Gasteiger partial charge in [-0.2, -0.15) is 10.4 Å². The zero-order chi connectivity index (χ0) is 36.5. The number of benzene rings is 3. The van der Waals surface area contributed by atoms with Crippen LogP contribution in [-0.4, -0.2) is 57.0 Å². The van der Waals surface area contributed by atoms with Gasteiger partial charge < -0.3 is 19.9 Å². The second-order valence-corrected chi connectivity index (χ2v) is 12.8. The molecule has 264 valence electrons. The van der Waals surface area contributed by atoms with Crippen molar-refractivity contribution in [3.8, 4) is 17.3 Å². The number of carbonyl (C=O) groups excluding carboxylic acids is 2. The summed E-state index contributed by atoms with van der Waals surface area (Å²) in [5.74, 6) is -2.97. The van der Waals surface area contributed by atoms with Crippen molar-refractivity contribution in [2.75, 3.05) is 18.9 Å². The maximum absolute atomic E-state index is 15.6. The molecule has 5 rings (SSSR count). The Morgan fingerprint density at radius 1 is 1.14 bits per heavy atom. The number of aromatic amines is 1. The van der Waals surface area contributed by atoms with Gasteiger partial charge in [0.1, 0.15) is 42.1 Å². The van der Waals surface area contributed by atoms with Crippen LogP contribution in [0.15, 0.2) is 72.4 Å². The number of carbonyl (C=O) groups is 2. The van der Waals surface area contributed by atoms with Crippen LogP contribution in [0.2, 0.25) is 0 Å². The molecule has 0 aliphatic rings. The quantitative estimate of drug-likeness (QED) is 0.102. The first kappa shape index (κ1) is 36.7. The fourth-order valence-electron chi connectivity index (χ4n) is 5.62. The number of halogens is 2. The number of ether oxygens (including phenoxy) is 2. The van der Waals surface area contributed by atoms with Crippen molar-refractivity contribution >= 4 is 29.1 Å². The van der Waals surface area contributed by atoms with Crippen LogP contribution >= 0.6 is 11.3 Å². The topological polar surface area (TPSA) is 175 Å². The number of aliphatic hydroxyl groups is 1. The maximum Gasteiger partial charge on any atom is 0.411 e. The first-order chi connectivity index (χ1) is 24.5. The van der Waals surface area contributed by atoms with E-state index < -0.39 is 41.3 Å². The highest BCUT2D eigenvalue weighted by atomic mass is 32.1. The van der Waals surface area contributed by atoms with Gasteiger partial charge in [0, 0.05) is 34.4 Å². The number of hydrogen-bond acceptors (Lipinski definition) is 11. The van der Waals surface area contributed by atoms with Crippen molar-refractivity contribution in [2.24, 2.45) is 0 Å². The molecule has 0 aliphatic carbocycles. The van der Waals surface area contributed by atoms with E-state index in [9.17, 15) is 24.3 Å². The van der Waals surface area contributed by atoms with Crippen molar-refractivity contribution in [1.29, 1.82) is 5.26 Å². The van der Waals surface area contributed by atoms with E-state index in [-0.39, 0.29) is 37.4 Å². The van der Waals surface area contributed by atoms with Crippen molar-refractivity contribution in [3.05, 3.63) is 117 Å². The Labute approximate surface area is 296 Å². The molecule has 1 amide bonds. The molecule has 15 heteroatoms. The lowest BCUT2D eigenvalue weighted by Gasteiger charge is -2.36. The minimum Gasteiger partial charge on any atom is -0.460 e. The van der Waals surface area contributed by atoms with Gasteiger partial charge in [0.2, 0.25) is 0 Å². The molecule has 2 heterocycles. The van der Waals surface area contributed by atoms with Crippen LogP contribution in [0, 0.1) is 29.9 Å². The van der Waals surface area contributed by atoms with Crippen LogP contribution in [0.25, 0.3) is 11.3 Å². The largest absolute Gasteiger partial charge is 0.460 e. The molecular formula is C36H35F2N7O5S. The van der Waals surface area contributed by atoms with Crippen LogP contribution in [0.4, 0.5) is 19.3 Å². The number of likely N-dealkylation sites (N-methyl/N-ethyl adjacent to an activating group) is 1. The van der Waals surface area contributed by atoms with Crippen molar-refractivity contribution in [3.63, 3.8) is 0 Å². The molecular weight excluding hydrogens is 681 g/mol. The van der Waals surface area contributed by atoms with E-state index in [1.54, 1.807) is 61.8 Å². The number of nitrogens with zero attached hydrogens (tertiary/aromatic N) is 4. The SMILES string of the molecule is CNCC(=O)OCc1cc(C)ccc1NC(=O)OC(C)C[C@@H](c1nc(-c2ccc(C#N)cc2)cs1)[C@](O)(Cc1ncn[nH]1)c1cc(F)ccc1F. The third-order valence-corrected chi connectivity index (χ3v) is 9.04. The van der Waals surface area contributed by atoms with Gasteiger partial charge >= 0.3 is 12.1 Å². The second-order valence-electron chi connectivity index (χ2n) is 11.9. The van der Waals surface area contributed by atoms with Crippen molar-refractivity contribution in [2.45, 2.75) is 50.9 Å². The predicted octanol–water partition coefficient (Wildman–Crippen LogP) is 5.89. The number of hydrogen-bond donors (Lipinski definition) is 4. The number of nitrogens with one attached hydrogen (secondary N) is 3. The number of thiazole rings is 1. The molecule has 0 saturated carbocycles. The molecule has 2 aromatic heterocycles. The summed E-state index contributed by atoms with van der Waals surface area (Å²) in [6.45, 7) is 3.39. The maximum atomic E-state index is 15.6. The van der Waals surface area contributed by atoms with Crippen LogP contribution in [0.1, 0.15) is 52.3 Å². The van der Waals surface area contributed by atoms with Crippen LogP contribution < -0.4 is 10.6 Å². The molecule has 3 atom stereocenters. The van der Waals surface area contributed by atoms with E-state index in [0.29, 0.717) is 33.1 Å². The lowest BCUT2D eigenvalue weighted by Crippen LogP contribution is -2.39. The van der Waals surface area contributed by atoms with Crippen molar-refractivity contribution < 1.29 is 33.0 Å². The van der Waals surface area contributed by atoms with E-state index >= 15 is 4.39 Å². The highest BCUT2D eigenvalue weighted by molar-refractivity contribution is 7.10. The van der Waals surface area contributed by atoms with Gasteiger partial charge in [-0.1, -0.05) is 29.8 Å². The molecule has 1 unspecified atom stereocenters. The third kappa shape index (κ3) is 9.17. The average Bonchev–Trinajstić information content (AvgIpc) is 3.81. The van der Waals surface area contributed by atoms with Gasteiger partial charge in [0.05, 0.1) is 34.6 Å². The third-order valence-electron chi connectivity index (χ3n) is 8.09. The number of aryl methyl sites for hydroxylation is 1. The molecule has 3 aromatic carbocycles. The van der Waals surface area contributed by atoms with Crippen LogP contribution in [0.5, 0.6) is 0 Å². The second kappa shape index (κ2) is 16.4. The fraction of sp³-hybridized carbons (Fsp3) is 0.278. The molecule has 0 fully saturated rings. The van der Waals surface area contributed by atoms with Crippen molar-refractivity contribution in [1.82, 2.24) is 25.5 Å². The summed E-state index contributed by atoms with van der Waals surface area (Å²) in [6, 6.07) is 16.8. The Hall–Kier alpha value is -5.56. The molecule has 0 saturated heterocycles. The minimum atomic E-state index is -2.17. The zero-order valence-corrected chi connectivity index (χ0v) is 28.8. The Bertz CT molecular complexity index is 2020. The van der Waals surface area contributed by atoms with Gasteiger partial charge in [0.25, 0.3) is 0 Å². The first-order valence-corrected chi connectivity index (χ1v) is 16.7. The molecule has 5 aromatic rings. The number of esters is 1. The smallest absolute Gasteiger partial charge is 0.411 e. The summed E-state index contributed by atoms with van der Waals surface area (Å²) in [5, 5.41) is 35.8. The lowest BCUT2D eigenvalue weighted by atomic mass is 9.76. The van der Waals surface area contributed by atoms with E-state index in [0.717, 1.165) is 23.8 Å². The van der Waals surface area contributed by atoms with E-state index in [2.05, 4.69) is 31.9 Å². The number of H-pyrrole nitrogens is 1. The summed E-state index contributed by atoms with van der Waals surface area (Å²) in [6.07, 6.45) is -0.910. The number of rotatable bonds is 14. The van der Waals surface area contributed by atoms with E-state index in [4.69, 9.17) is 14.5 Å². The fourth-order valence-corrected chi connectivity index (χ4v) is 6.65. The summed E-state index contributed by atoms with van der Waals surface area (Å²) in [4.78, 5) is 34.1. The summed E-state index contributed by atoms with van der Waals surface area (Å²) in [5.41, 5.74) is 0.968. The first-order valence-electron chi connectivity index (χ1n) is 15.8. The molecule has 0 bridgehead atoms. The lowest BCUT2D eigenvalue weighted by molar-refractivity contribution is -0.143. The number of amides is 1. The Morgan fingerprint density at radius 3 is 2.63 bits per heavy atom. The highest BCUT2D eigenvalue weighted by Crippen LogP contribution is 2.45. The number of nitriles is 1. The molecule has 0 spiro atoms.